The van der Waals surface area contributed by atoms with Gasteiger partial charge in [0.2, 0.25) is 0 Å². The quantitative estimate of drug-likeness (QED) is 0.168. The van der Waals surface area contributed by atoms with Crippen molar-refractivity contribution in [1.82, 2.24) is 4.98 Å². The van der Waals surface area contributed by atoms with Crippen LogP contribution in [-0.2, 0) is 9.59 Å². The number of thiophene rings is 1. The highest BCUT2D eigenvalue weighted by Crippen LogP contribution is 2.46. The number of thiazole rings is 1. The van der Waals surface area contributed by atoms with Crippen molar-refractivity contribution in [2.45, 2.75) is 33.2 Å². The summed E-state index contributed by atoms with van der Waals surface area (Å²) >= 11 is 2.72. The lowest BCUT2D eigenvalue weighted by Crippen LogP contribution is -2.28. The van der Waals surface area contributed by atoms with E-state index >= 15 is 0 Å². The first-order valence-electron chi connectivity index (χ1n) is 11.9. The van der Waals surface area contributed by atoms with Crippen molar-refractivity contribution >= 4 is 55.5 Å². The van der Waals surface area contributed by atoms with Crippen molar-refractivity contribution in [2.24, 2.45) is 0 Å². The van der Waals surface area contributed by atoms with E-state index in [1.54, 1.807) is 25.3 Å². The molecule has 0 radical (unpaired) electrons. The Hall–Kier alpha value is -3.69. The molecule has 37 heavy (non-hydrogen) atoms. The van der Waals surface area contributed by atoms with Gasteiger partial charge in [0.15, 0.2) is 5.13 Å². The molecule has 3 heterocycles. The van der Waals surface area contributed by atoms with Crippen molar-refractivity contribution in [3.63, 3.8) is 0 Å². The van der Waals surface area contributed by atoms with E-state index in [0.29, 0.717) is 28.6 Å². The Kier molecular flexibility index (Phi) is 6.74. The number of methoxy groups -OCH3 is 1. The van der Waals surface area contributed by atoms with Gasteiger partial charge in [-0.05, 0) is 73.2 Å². The summed E-state index contributed by atoms with van der Waals surface area (Å²) in [6.45, 7) is 6.43. The molecule has 5 rings (SSSR count). The van der Waals surface area contributed by atoms with Crippen LogP contribution in [0.1, 0.15) is 41.0 Å². The highest BCUT2D eigenvalue weighted by atomic mass is 32.1. The van der Waals surface area contributed by atoms with Gasteiger partial charge >= 0.3 is 5.91 Å². The van der Waals surface area contributed by atoms with Crippen molar-refractivity contribution in [3.05, 3.63) is 75.0 Å². The Morgan fingerprint density at radius 1 is 1.11 bits per heavy atom. The summed E-state index contributed by atoms with van der Waals surface area (Å²) in [5.41, 5.74) is 2.96. The first kappa shape index (κ1) is 25.0. The lowest BCUT2D eigenvalue weighted by molar-refractivity contribution is -0.132. The van der Waals surface area contributed by atoms with Gasteiger partial charge in [0.1, 0.15) is 23.3 Å². The molecule has 1 saturated heterocycles. The molecule has 1 aliphatic heterocycles. The van der Waals surface area contributed by atoms with Gasteiger partial charge in [0.25, 0.3) is 5.78 Å². The number of fused-ring (bicyclic) bond motifs is 1. The molecule has 0 bridgehead atoms. The Morgan fingerprint density at radius 3 is 2.57 bits per heavy atom. The van der Waals surface area contributed by atoms with Crippen LogP contribution in [0.3, 0.4) is 0 Å². The summed E-state index contributed by atoms with van der Waals surface area (Å²) in [5.74, 6) is -0.242. The van der Waals surface area contributed by atoms with Crippen LogP contribution in [0.5, 0.6) is 11.5 Å². The number of nitrogens with zero attached hydrogens (tertiary/aromatic N) is 2. The van der Waals surface area contributed by atoms with Gasteiger partial charge in [0, 0.05) is 10.4 Å². The molecule has 1 amide bonds. The lowest BCUT2D eigenvalue weighted by atomic mass is 9.99. The molecule has 0 saturated carbocycles. The zero-order valence-electron chi connectivity index (χ0n) is 20.9. The van der Waals surface area contributed by atoms with Gasteiger partial charge in [-0.25, -0.2) is 4.98 Å². The number of amides is 1. The number of aromatic nitrogens is 1. The van der Waals surface area contributed by atoms with Gasteiger partial charge in [-0.1, -0.05) is 24.3 Å². The third-order valence-corrected chi connectivity index (χ3v) is 8.21. The van der Waals surface area contributed by atoms with Crippen molar-refractivity contribution < 1.29 is 24.2 Å². The van der Waals surface area contributed by atoms with E-state index in [0.717, 1.165) is 32.9 Å². The number of rotatable bonds is 7. The summed E-state index contributed by atoms with van der Waals surface area (Å²) in [6.07, 6.45) is 0.879. The monoisotopic (exact) mass is 534 g/mol. The van der Waals surface area contributed by atoms with Crippen molar-refractivity contribution in [3.8, 4) is 11.5 Å². The van der Waals surface area contributed by atoms with E-state index in [4.69, 9.17) is 14.5 Å². The molecule has 0 spiro atoms. The van der Waals surface area contributed by atoms with E-state index in [1.165, 1.54) is 27.6 Å². The molecule has 9 heteroatoms. The maximum absolute atomic E-state index is 13.4. The molecule has 190 valence electrons. The number of anilines is 1. The third kappa shape index (κ3) is 4.38. The molecule has 2 aromatic heterocycles. The van der Waals surface area contributed by atoms with Crippen LogP contribution in [0.25, 0.3) is 16.0 Å². The van der Waals surface area contributed by atoms with Crippen LogP contribution in [0.4, 0.5) is 5.13 Å². The minimum Gasteiger partial charge on any atom is -0.507 e. The molecule has 7 nitrogen and oxygen atoms in total. The number of hydrogen-bond donors (Lipinski definition) is 1. The number of benzene rings is 2. The Labute approximate surface area is 222 Å². The number of ether oxygens (including phenoxy) is 2. The summed E-state index contributed by atoms with van der Waals surface area (Å²) in [5, 5.41) is 13.7. The van der Waals surface area contributed by atoms with E-state index < -0.39 is 17.7 Å². The highest BCUT2D eigenvalue weighted by molar-refractivity contribution is 7.22. The highest BCUT2D eigenvalue weighted by Gasteiger charge is 2.48. The molecule has 1 aliphatic rings. The summed E-state index contributed by atoms with van der Waals surface area (Å²) in [7, 11) is 1.61. The first-order valence-corrected chi connectivity index (χ1v) is 13.6. The minimum absolute atomic E-state index is 0.0436. The van der Waals surface area contributed by atoms with Crippen molar-refractivity contribution in [2.75, 3.05) is 18.6 Å². The Morgan fingerprint density at radius 2 is 1.89 bits per heavy atom. The maximum Gasteiger partial charge on any atom is 0.301 e. The maximum atomic E-state index is 13.4. The van der Waals surface area contributed by atoms with Crippen LogP contribution in [-0.4, -0.2) is 35.5 Å². The average molecular weight is 535 g/mol. The molecule has 0 aliphatic carbocycles. The van der Waals surface area contributed by atoms with E-state index in [-0.39, 0.29) is 11.3 Å². The van der Waals surface area contributed by atoms with Gasteiger partial charge in [-0.3, -0.25) is 14.5 Å². The summed E-state index contributed by atoms with van der Waals surface area (Å²) in [4.78, 5) is 33.7. The summed E-state index contributed by atoms with van der Waals surface area (Å²) < 4.78 is 12.0. The van der Waals surface area contributed by atoms with Gasteiger partial charge in [0.05, 0.1) is 29.5 Å². The molecular formula is C28H26N2O5S2. The molecule has 4 aromatic rings. The predicted molar refractivity (Wildman–Crippen MR) is 147 cm³/mol. The topological polar surface area (TPSA) is 89.0 Å². The number of aliphatic hydroxyl groups is 1. The number of carbonyl (C=O) groups is 2. The molecule has 2 aromatic carbocycles. The number of hydrogen-bond acceptors (Lipinski definition) is 8. The van der Waals surface area contributed by atoms with Crippen LogP contribution in [0.2, 0.25) is 0 Å². The lowest BCUT2D eigenvalue weighted by Gasteiger charge is -2.21. The molecule has 1 N–H and O–H groups in total. The number of ketones is 1. The molecule has 1 atom stereocenters. The number of Topliss-reactive ketones (excluding diaryl/α,β-unsaturated/α-hetero) is 1. The largest absolute Gasteiger partial charge is 0.507 e. The smallest absolute Gasteiger partial charge is 0.301 e. The van der Waals surface area contributed by atoms with Crippen LogP contribution in [0.15, 0.2) is 53.4 Å². The number of carbonyl (C=O) groups excluding carboxylic acids is 2. The van der Waals surface area contributed by atoms with Crippen LogP contribution in [0, 0.1) is 13.8 Å². The first-order chi connectivity index (χ1) is 17.8. The second-order valence-electron chi connectivity index (χ2n) is 8.80. The van der Waals surface area contributed by atoms with E-state index in [2.05, 4.69) is 0 Å². The summed E-state index contributed by atoms with van der Waals surface area (Å²) in [6, 6.07) is 12.0. The Bertz CT molecular complexity index is 1540. The van der Waals surface area contributed by atoms with Gasteiger partial charge < -0.3 is 14.6 Å². The fraction of sp³-hybridized carbons (Fsp3) is 0.250. The van der Waals surface area contributed by atoms with Gasteiger partial charge in [-0.2, -0.15) is 0 Å². The van der Waals surface area contributed by atoms with Crippen LogP contribution < -0.4 is 14.4 Å². The fourth-order valence-corrected chi connectivity index (χ4v) is 6.27. The predicted octanol–water partition coefficient (Wildman–Crippen LogP) is 6.40. The molecule has 1 unspecified atom stereocenters. The van der Waals surface area contributed by atoms with Crippen molar-refractivity contribution in [1.29, 1.82) is 0 Å². The standard InChI is InChI=1S/C28H26N2O5S2/c1-5-10-35-19-9-8-17(12-15(19)2)25(31)23-24(21-7-6-11-36-21)30(27(33)26(23)32)28-29-18-13-16(3)20(34-4)14-22(18)37-28/h6-9,11-14,24,31H,5,10H2,1-4H3/b25-23+. The molecule has 1 fully saturated rings. The minimum atomic E-state index is -0.792. The van der Waals surface area contributed by atoms with E-state index in [1.807, 2.05) is 50.4 Å². The van der Waals surface area contributed by atoms with Gasteiger partial charge in [-0.15, -0.1) is 11.3 Å². The van der Waals surface area contributed by atoms with Crippen LogP contribution >= 0.6 is 22.7 Å². The normalized spacial score (nSPS) is 17.1. The zero-order valence-corrected chi connectivity index (χ0v) is 22.5. The number of aliphatic hydroxyl groups excluding tert-OH is 1. The number of aryl methyl sites for hydroxylation is 2. The van der Waals surface area contributed by atoms with E-state index in [9.17, 15) is 14.7 Å². The SMILES string of the molecule is CCCOc1ccc(/C(O)=C2\C(=O)C(=O)N(c3nc4cc(C)c(OC)cc4s3)C2c2cccs2)cc1C. The fourth-order valence-electron chi connectivity index (χ4n) is 4.44. The second kappa shape index (κ2) is 9.99. The molecular weight excluding hydrogens is 508 g/mol. The average Bonchev–Trinajstić information content (AvgIpc) is 3.61. The second-order valence-corrected chi connectivity index (χ2v) is 10.8. The third-order valence-electron chi connectivity index (χ3n) is 6.27. The Balaban J connectivity index is 1.64. The zero-order chi connectivity index (χ0) is 26.3.